The molecule has 25 heavy (non-hydrogen) atoms. The predicted octanol–water partition coefficient (Wildman–Crippen LogP) is 2.37. The molecule has 8 nitrogen and oxygen atoms in total. The van der Waals surface area contributed by atoms with E-state index in [9.17, 15) is 9.59 Å². The van der Waals surface area contributed by atoms with Gasteiger partial charge in [-0.15, -0.1) is 0 Å². The van der Waals surface area contributed by atoms with Crippen molar-refractivity contribution in [3.63, 3.8) is 0 Å². The van der Waals surface area contributed by atoms with Crippen molar-refractivity contribution >= 4 is 34.8 Å². The van der Waals surface area contributed by atoms with E-state index >= 15 is 0 Å². The number of amides is 2. The molecule has 2 aromatic heterocycles. The summed E-state index contributed by atoms with van der Waals surface area (Å²) in [6.45, 7) is 1.76. The molecule has 0 spiro atoms. The largest absolute Gasteiger partial charge is 0.373 e. The van der Waals surface area contributed by atoms with Gasteiger partial charge in [-0.25, -0.2) is 4.98 Å². The number of hydrogen-bond donors (Lipinski definition) is 3. The van der Waals surface area contributed by atoms with Crippen LogP contribution in [0.1, 0.15) is 23.7 Å². The highest BCUT2D eigenvalue weighted by molar-refractivity contribution is 6.04. The molecule has 0 aliphatic heterocycles. The first kappa shape index (κ1) is 16.4. The van der Waals surface area contributed by atoms with Crippen molar-refractivity contribution < 1.29 is 9.59 Å². The van der Waals surface area contributed by atoms with Crippen molar-refractivity contribution in [3.05, 3.63) is 48.2 Å². The van der Waals surface area contributed by atoms with Crippen molar-refractivity contribution in [2.24, 2.45) is 0 Å². The van der Waals surface area contributed by atoms with E-state index in [4.69, 9.17) is 0 Å². The van der Waals surface area contributed by atoms with Gasteiger partial charge in [-0.05, 0) is 12.1 Å². The van der Waals surface area contributed by atoms with Crippen LogP contribution in [0, 0.1) is 0 Å². The second kappa shape index (κ2) is 7.00. The third-order valence-electron chi connectivity index (χ3n) is 3.60. The molecule has 1 aromatic carbocycles. The summed E-state index contributed by atoms with van der Waals surface area (Å²) >= 11 is 0. The molecule has 0 aliphatic carbocycles. The fraction of sp³-hybridized carbons (Fsp3) is 0.176. The van der Waals surface area contributed by atoms with Gasteiger partial charge in [0.05, 0.1) is 6.20 Å². The van der Waals surface area contributed by atoms with E-state index in [0.29, 0.717) is 35.0 Å². The molecular weight excluding hydrogens is 320 g/mol. The van der Waals surface area contributed by atoms with Gasteiger partial charge in [-0.3, -0.25) is 9.59 Å². The number of nitrogens with one attached hydrogen (secondary N) is 3. The third-order valence-corrected chi connectivity index (χ3v) is 3.60. The highest BCUT2D eigenvalue weighted by Gasteiger charge is 2.14. The number of carbonyl (C=O) groups is 2. The number of anilines is 3. The molecule has 0 aliphatic rings. The van der Waals surface area contributed by atoms with Crippen molar-refractivity contribution in [1.29, 1.82) is 0 Å². The van der Waals surface area contributed by atoms with Crippen molar-refractivity contribution in [3.8, 4) is 0 Å². The lowest BCUT2D eigenvalue weighted by Gasteiger charge is -2.09. The van der Waals surface area contributed by atoms with Crippen LogP contribution in [-0.2, 0) is 4.79 Å². The lowest BCUT2D eigenvalue weighted by atomic mass is 10.2. The normalized spacial score (nSPS) is 10.5. The Kier molecular flexibility index (Phi) is 4.60. The molecule has 2 heterocycles. The zero-order valence-electron chi connectivity index (χ0n) is 13.9. The second-order valence-corrected chi connectivity index (χ2v) is 5.29. The van der Waals surface area contributed by atoms with E-state index < -0.39 is 0 Å². The highest BCUT2D eigenvalue weighted by atomic mass is 16.2. The monoisotopic (exact) mass is 338 g/mol. The minimum Gasteiger partial charge on any atom is -0.373 e. The van der Waals surface area contributed by atoms with Gasteiger partial charge < -0.3 is 16.0 Å². The summed E-state index contributed by atoms with van der Waals surface area (Å²) in [5.41, 5.74) is 1.46. The first-order chi connectivity index (χ1) is 12.1. The molecule has 0 saturated carbocycles. The van der Waals surface area contributed by atoms with Gasteiger partial charge in [0.25, 0.3) is 5.91 Å². The van der Waals surface area contributed by atoms with E-state index in [1.54, 1.807) is 48.8 Å². The Morgan fingerprint density at radius 1 is 1.16 bits per heavy atom. The van der Waals surface area contributed by atoms with Crippen LogP contribution in [0.15, 0.2) is 42.6 Å². The summed E-state index contributed by atoms with van der Waals surface area (Å²) in [6.07, 6.45) is 1.88. The van der Waals surface area contributed by atoms with Crippen LogP contribution in [-0.4, -0.2) is 33.5 Å². The molecule has 2 amide bonds. The van der Waals surface area contributed by atoms with Crippen LogP contribution in [0.2, 0.25) is 0 Å². The van der Waals surface area contributed by atoms with Gasteiger partial charge in [0, 0.05) is 25.1 Å². The molecule has 3 rings (SSSR count). The summed E-state index contributed by atoms with van der Waals surface area (Å²) in [5, 5.41) is 12.7. The number of hydrogen-bond acceptors (Lipinski definition) is 5. The summed E-state index contributed by atoms with van der Waals surface area (Å²) < 4.78 is 1.56. The lowest BCUT2D eigenvalue weighted by molar-refractivity contribution is -0.115. The SMILES string of the molecule is CCC(=O)Nc1cnn2c(NC)cc(NC(=O)c3ccccc3)nc12. The van der Waals surface area contributed by atoms with Gasteiger partial charge in [0.1, 0.15) is 17.3 Å². The molecule has 0 bridgehead atoms. The average Bonchev–Trinajstić information content (AvgIpc) is 3.04. The van der Waals surface area contributed by atoms with Crippen LogP contribution in [0.4, 0.5) is 17.3 Å². The number of nitrogens with zero attached hydrogens (tertiary/aromatic N) is 3. The van der Waals surface area contributed by atoms with Crippen molar-refractivity contribution in [2.45, 2.75) is 13.3 Å². The molecular formula is C17H18N6O2. The topological polar surface area (TPSA) is 100 Å². The summed E-state index contributed by atoms with van der Waals surface area (Å²) in [7, 11) is 1.74. The highest BCUT2D eigenvalue weighted by Crippen LogP contribution is 2.22. The Hall–Kier alpha value is -3.42. The second-order valence-electron chi connectivity index (χ2n) is 5.29. The molecule has 0 radical (unpaired) electrons. The fourth-order valence-corrected chi connectivity index (χ4v) is 2.31. The predicted molar refractivity (Wildman–Crippen MR) is 95.8 cm³/mol. The van der Waals surface area contributed by atoms with E-state index in [1.807, 2.05) is 6.07 Å². The maximum Gasteiger partial charge on any atom is 0.256 e. The molecule has 128 valence electrons. The Morgan fingerprint density at radius 2 is 1.92 bits per heavy atom. The average molecular weight is 338 g/mol. The molecule has 0 fully saturated rings. The standard InChI is InChI=1S/C17H18N6O2/c1-3-15(24)20-12-10-19-23-14(18-2)9-13(21-16(12)23)22-17(25)11-7-5-4-6-8-11/h4-10,18H,3H2,1-2H3,(H,20,24)(H,21,22,25). The molecule has 8 heteroatoms. The quantitative estimate of drug-likeness (QED) is 0.663. The smallest absolute Gasteiger partial charge is 0.256 e. The van der Waals surface area contributed by atoms with E-state index in [2.05, 4.69) is 26.0 Å². The van der Waals surface area contributed by atoms with Crippen LogP contribution < -0.4 is 16.0 Å². The maximum absolute atomic E-state index is 12.3. The number of rotatable bonds is 5. The maximum atomic E-state index is 12.3. The molecule has 3 aromatic rings. The third kappa shape index (κ3) is 3.42. The van der Waals surface area contributed by atoms with Crippen LogP contribution in [0.5, 0.6) is 0 Å². The zero-order valence-corrected chi connectivity index (χ0v) is 13.9. The number of carbonyl (C=O) groups excluding carboxylic acids is 2. The van der Waals surface area contributed by atoms with Gasteiger partial charge in [0.2, 0.25) is 5.91 Å². The molecule has 0 atom stereocenters. The zero-order chi connectivity index (χ0) is 17.8. The van der Waals surface area contributed by atoms with Crippen LogP contribution >= 0.6 is 0 Å². The van der Waals surface area contributed by atoms with E-state index in [1.165, 1.54) is 6.20 Å². The number of aromatic nitrogens is 3. The van der Waals surface area contributed by atoms with E-state index in [-0.39, 0.29) is 11.8 Å². The molecule has 0 unspecified atom stereocenters. The lowest BCUT2D eigenvalue weighted by Crippen LogP contribution is -2.14. The minimum atomic E-state index is -0.266. The molecule has 0 saturated heterocycles. The number of fused-ring (bicyclic) bond motifs is 1. The van der Waals surface area contributed by atoms with Gasteiger partial charge in [0.15, 0.2) is 5.65 Å². The minimum absolute atomic E-state index is 0.138. The Bertz CT molecular complexity index is 920. The Balaban J connectivity index is 1.96. The summed E-state index contributed by atoms with van der Waals surface area (Å²) in [6, 6.07) is 10.5. The summed E-state index contributed by atoms with van der Waals surface area (Å²) in [5.74, 6) is 0.586. The first-order valence-electron chi connectivity index (χ1n) is 7.85. The van der Waals surface area contributed by atoms with Crippen molar-refractivity contribution in [2.75, 3.05) is 23.0 Å². The first-order valence-corrected chi connectivity index (χ1v) is 7.85. The Labute approximate surface area is 144 Å². The molecule has 3 N–H and O–H groups in total. The number of benzene rings is 1. The van der Waals surface area contributed by atoms with Crippen molar-refractivity contribution in [1.82, 2.24) is 14.6 Å². The van der Waals surface area contributed by atoms with E-state index in [0.717, 1.165) is 0 Å². The fourth-order valence-electron chi connectivity index (χ4n) is 2.31. The van der Waals surface area contributed by atoms with Crippen LogP contribution in [0.25, 0.3) is 5.65 Å². The van der Waals surface area contributed by atoms with Gasteiger partial charge in [-0.2, -0.15) is 9.61 Å². The van der Waals surface area contributed by atoms with Gasteiger partial charge >= 0.3 is 0 Å². The van der Waals surface area contributed by atoms with Crippen LogP contribution in [0.3, 0.4) is 0 Å². The van der Waals surface area contributed by atoms with Gasteiger partial charge in [-0.1, -0.05) is 25.1 Å². The Morgan fingerprint density at radius 3 is 2.60 bits per heavy atom. The summed E-state index contributed by atoms with van der Waals surface area (Å²) in [4.78, 5) is 28.4.